The highest BCUT2D eigenvalue weighted by Crippen LogP contribution is 2.24. The average Bonchev–Trinajstić information content (AvgIpc) is 1.97. The monoisotopic (exact) mass is 198 g/mol. The lowest BCUT2D eigenvalue weighted by atomic mass is 10.2. The zero-order valence-electron chi connectivity index (χ0n) is 5.82. The van der Waals surface area contributed by atoms with Gasteiger partial charge in [-0.1, -0.05) is 0 Å². The van der Waals surface area contributed by atoms with Gasteiger partial charge in [0.2, 0.25) is 0 Å². The van der Waals surface area contributed by atoms with Crippen LogP contribution in [0.1, 0.15) is 0 Å². The Balaban J connectivity index is 3.79. The molecule has 2 N–H and O–H groups in total. The van der Waals surface area contributed by atoms with E-state index in [1.165, 1.54) is 0 Å². The number of aldehydes is 1. The average molecular weight is 198 g/mol. The summed E-state index contributed by atoms with van der Waals surface area (Å²) in [5, 5.41) is 17.2. The minimum atomic E-state index is -5.16. The molecule has 12 heavy (non-hydrogen) atoms. The number of hydrogen-bond acceptors (Lipinski definition) is 7. The molecule has 0 spiro atoms. The first kappa shape index (κ1) is 11.7. The number of carbonyl (C=O) groups excluding carboxylic acids is 1. The molecule has 2 atom stereocenters. The molecule has 0 aliphatic carbocycles. The molecule has 0 aliphatic heterocycles. The standard InChI is InChI=1S/C4H9O7P/c5-1-3(6)4(7)2-11-12(8,9)10/h1,3-4,6-7H,2H2,(H2,8,9,10)/p-2/t3-,4+/m1/s1. The Kier molecular flexibility index (Phi) is 4.54. The first-order valence-electron chi connectivity index (χ1n) is 2.85. The number of rotatable bonds is 5. The van der Waals surface area contributed by atoms with Gasteiger partial charge in [0.05, 0.1) is 14.4 Å². The maximum absolute atomic E-state index is 9.82. The van der Waals surface area contributed by atoms with E-state index in [2.05, 4.69) is 4.52 Å². The number of phosphoric acid groups is 1. The molecule has 0 unspecified atom stereocenters. The zero-order chi connectivity index (χ0) is 9.78. The molecular weight excluding hydrogens is 191 g/mol. The summed E-state index contributed by atoms with van der Waals surface area (Å²) < 4.78 is 13.4. The highest BCUT2D eigenvalue weighted by molar-refractivity contribution is 7.43. The van der Waals surface area contributed by atoms with Gasteiger partial charge in [0, 0.05) is 0 Å². The molecule has 0 fully saturated rings. The molecule has 0 amide bonds. The van der Waals surface area contributed by atoms with Crippen LogP contribution in [-0.4, -0.2) is 35.3 Å². The van der Waals surface area contributed by atoms with Crippen molar-refractivity contribution >= 4 is 14.1 Å². The van der Waals surface area contributed by atoms with E-state index in [9.17, 15) is 19.1 Å². The van der Waals surface area contributed by atoms with E-state index in [1.54, 1.807) is 0 Å². The molecule has 0 heterocycles. The Morgan fingerprint density at radius 1 is 1.50 bits per heavy atom. The van der Waals surface area contributed by atoms with Gasteiger partial charge in [-0.05, 0) is 0 Å². The third-order valence-electron chi connectivity index (χ3n) is 0.937. The largest absolute Gasteiger partial charge is 0.790 e. The summed E-state index contributed by atoms with van der Waals surface area (Å²) in [6.45, 7) is -0.926. The van der Waals surface area contributed by atoms with Gasteiger partial charge < -0.3 is 33.9 Å². The van der Waals surface area contributed by atoms with E-state index < -0.39 is 26.6 Å². The minimum Gasteiger partial charge on any atom is -0.790 e. The predicted molar refractivity (Wildman–Crippen MR) is 31.6 cm³/mol. The number of hydrogen-bond donors (Lipinski definition) is 2. The van der Waals surface area contributed by atoms with Gasteiger partial charge >= 0.3 is 0 Å². The molecular formula is C4H7O7P-2. The summed E-state index contributed by atoms with van der Waals surface area (Å²) in [5.74, 6) is 0. The van der Waals surface area contributed by atoms with Crippen molar-refractivity contribution in [1.82, 2.24) is 0 Å². The lowest BCUT2D eigenvalue weighted by molar-refractivity contribution is -0.343. The molecule has 0 bridgehead atoms. The van der Waals surface area contributed by atoms with Gasteiger partial charge in [-0.15, -0.1) is 0 Å². The van der Waals surface area contributed by atoms with Gasteiger partial charge in [0.15, 0.2) is 6.29 Å². The molecule has 0 aromatic carbocycles. The van der Waals surface area contributed by atoms with Crippen LogP contribution < -0.4 is 9.79 Å². The first-order valence-corrected chi connectivity index (χ1v) is 4.31. The first-order chi connectivity index (χ1) is 5.37. The van der Waals surface area contributed by atoms with Crippen LogP contribution in [0.4, 0.5) is 0 Å². The molecule has 0 saturated carbocycles. The molecule has 0 aromatic heterocycles. The molecule has 0 radical (unpaired) electrons. The fraction of sp³-hybridized carbons (Fsp3) is 0.750. The van der Waals surface area contributed by atoms with Crippen molar-refractivity contribution in [3.05, 3.63) is 0 Å². The van der Waals surface area contributed by atoms with Crippen molar-refractivity contribution in [2.24, 2.45) is 0 Å². The normalized spacial score (nSPS) is 17.0. The van der Waals surface area contributed by atoms with E-state index in [-0.39, 0.29) is 6.29 Å². The highest BCUT2D eigenvalue weighted by atomic mass is 31.2. The Hall–Kier alpha value is -0.300. The molecule has 0 saturated heterocycles. The van der Waals surface area contributed by atoms with E-state index in [4.69, 9.17) is 10.2 Å². The van der Waals surface area contributed by atoms with Gasteiger partial charge in [0.1, 0.15) is 12.2 Å². The van der Waals surface area contributed by atoms with Gasteiger partial charge in [-0.25, -0.2) is 0 Å². The number of carbonyl (C=O) groups is 1. The van der Waals surface area contributed by atoms with Crippen LogP contribution >= 0.6 is 7.82 Å². The second-order valence-corrected chi connectivity index (χ2v) is 3.09. The fourth-order valence-electron chi connectivity index (χ4n) is 0.357. The third-order valence-corrected chi connectivity index (χ3v) is 1.40. The second-order valence-electron chi connectivity index (χ2n) is 1.94. The molecule has 8 heteroatoms. The summed E-state index contributed by atoms with van der Waals surface area (Å²) in [6, 6.07) is 0. The molecule has 0 aliphatic rings. The van der Waals surface area contributed by atoms with E-state index >= 15 is 0 Å². The van der Waals surface area contributed by atoms with Crippen LogP contribution in [0.3, 0.4) is 0 Å². The molecule has 0 aromatic rings. The Morgan fingerprint density at radius 2 is 2.00 bits per heavy atom. The second kappa shape index (κ2) is 4.66. The van der Waals surface area contributed by atoms with Crippen LogP contribution in [0.5, 0.6) is 0 Å². The quantitative estimate of drug-likeness (QED) is 0.350. The Labute approximate surface area is 67.8 Å². The van der Waals surface area contributed by atoms with E-state index in [0.29, 0.717) is 0 Å². The van der Waals surface area contributed by atoms with Crippen LogP contribution in [0.25, 0.3) is 0 Å². The SMILES string of the molecule is O=C[C@@H](O)[C@@H](O)COP(=O)([O-])[O-]. The molecule has 7 nitrogen and oxygen atoms in total. The van der Waals surface area contributed by atoms with Crippen molar-refractivity contribution in [3.63, 3.8) is 0 Å². The molecule has 0 rings (SSSR count). The van der Waals surface area contributed by atoms with Crippen molar-refractivity contribution in [2.45, 2.75) is 12.2 Å². The summed E-state index contributed by atoms with van der Waals surface area (Å²) >= 11 is 0. The maximum atomic E-state index is 9.82. The molecule has 72 valence electrons. The predicted octanol–water partition coefficient (Wildman–Crippen LogP) is -3.25. The Bertz CT molecular complexity index is 186. The fourth-order valence-corrected chi connectivity index (χ4v) is 0.692. The summed E-state index contributed by atoms with van der Waals surface area (Å²) in [5.41, 5.74) is 0. The van der Waals surface area contributed by atoms with Gasteiger partial charge in [0.25, 0.3) is 0 Å². The summed E-state index contributed by atoms with van der Waals surface area (Å²) in [6.07, 6.45) is -3.47. The zero-order valence-corrected chi connectivity index (χ0v) is 6.72. The van der Waals surface area contributed by atoms with Crippen LogP contribution in [0, 0.1) is 0 Å². The lowest BCUT2D eigenvalue weighted by Gasteiger charge is -2.29. The number of aliphatic hydroxyl groups is 2. The van der Waals surface area contributed by atoms with Crippen molar-refractivity contribution in [1.29, 1.82) is 0 Å². The topological polar surface area (TPSA) is 130 Å². The lowest BCUT2D eigenvalue weighted by Crippen LogP contribution is -2.32. The van der Waals surface area contributed by atoms with Crippen LogP contribution in [0.15, 0.2) is 0 Å². The van der Waals surface area contributed by atoms with Crippen molar-refractivity contribution in [3.8, 4) is 0 Å². The van der Waals surface area contributed by atoms with Gasteiger partial charge in [-0.2, -0.15) is 0 Å². The van der Waals surface area contributed by atoms with Crippen molar-refractivity contribution < 1.29 is 33.9 Å². The highest BCUT2D eigenvalue weighted by Gasteiger charge is 2.15. The van der Waals surface area contributed by atoms with Crippen LogP contribution in [0.2, 0.25) is 0 Å². The number of aliphatic hydroxyl groups excluding tert-OH is 2. The van der Waals surface area contributed by atoms with Gasteiger partial charge in [-0.3, -0.25) is 0 Å². The van der Waals surface area contributed by atoms with E-state index in [0.717, 1.165) is 0 Å². The minimum absolute atomic E-state index is 0.00540. The van der Waals surface area contributed by atoms with Crippen LogP contribution in [-0.2, 0) is 13.9 Å². The van der Waals surface area contributed by atoms with E-state index in [1.807, 2.05) is 0 Å². The number of phosphoric ester groups is 1. The van der Waals surface area contributed by atoms with Crippen molar-refractivity contribution in [2.75, 3.05) is 6.61 Å². The smallest absolute Gasteiger partial charge is 0.151 e. The Morgan fingerprint density at radius 3 is 2.33 bits per heavy atom. The summed E-state index contributed by atoms with van der Waals surface area (Å²) in [4.78, 5) is 29.4. The maximum Gasteiger partial charge on any atom is 0.151 e. The third kappa shape index (κ3) is 5.36. The summed E-state index contributed by atoms with van der Waals surface area (Å²) in [7, 11) is -5.16.